The Morgan fingerprint density at radius 2 is 2.12 bits per heavy atom. The fourth-order valence-electron chi connectivity index (χ4n) is 1.27. The van der Waals surface area contributed by atoms with E-state index in [1.54, 1.807) is 19.1 Å². The highest BCUT2D eigenvalue weighted by Gasteiger charge is 2.20. The largest absolute Gasteiger partial charge is 0.480 e. The molecule has 0 unspecified atom stereocenters. The van der Waals surface area contributed by atoms with Gasteiger partial charge in [0.05, 0.1) is 6.61 Å². The maximum atomic E-state index is 11.7. The van der Waals surface area contributed by atoms with Gasteiger partial charge in [-0.2, -0.15) is 0 Å². The minimum atomic E-state index is -1.32. The molecule has 3 N–H and O–H groups in total. The molecule has 92 valence electrons. The number of aliphatic hydroxyl groups excluding tert-OH is 1. The van der Waals surface area contributed by atoms with Crippen LogP contribution in [0, 0.1) is 6.92 Å². The predicted octanol–water partition coefficient (Wildman–Crippen LogP) is 0.824. The van der Waals surface area contributed by atoms with Crippen LogP contribution in [0.2, 0.25) is 5.02 Å². The average molecular weight is 258 g/mol. The van der Waals surface area contributed by atoms with Crippen molar-refractivity contribution in [2.24, 2.45) is 0 Å². The lowest BCUT2D eigenvalue weighted by atomic mass is 10.1. The number of carboxylic acids is 1. The van der Waals surface area contributed by atoms with Gasteiger partial charge >= 0.3 is 5.97 Å². The van der Waals surface area contributed by atoms with E-state index in [0.717, 1.165) is 0 Å². The van der Waals surface area contributed by atoms with E-state index in [2.05, 4.69) is 5.32 Å². The molecule has 1 amide bonds. The smallest absolute Gasteiger partial charge is 0.328 e. The van der Waals surface area contributed by atoms with Crippen molar-refractivity contribution in [1.82, 2.24) is 5.32 Å². The molecule has 0 aliphatic carbocycles. The molecule has 0 fully saturated rings. The first-order valence-electron chi connectivity index (χ1n) is 4.87. The van der Waals surface area contributed by atoms with E-state index < -0.39 is 24.5 Å². The van der Waals surface area contributed by atoms with E-state index >= 15 is 0 Å². The van der Waals surface area contributed by atoms with Crippen LogP contribution in [0.1, 0.15) is 15.9 Å². The van der Waals surface area contributed by atoms with Crippen molar-refractivity contribution < 1.29 is 19.8 Å². The third kappa shape index (κ3) is 3.18. The Balaban J connectivity index is 2.90. The van der Waals surface area contributed by atoms with Crippen LogP contribution in [-0.2, 0) is 4.79 Å². The van der Waals surface area contributed by atoms with Gasteiger partial charge in [0, 0.05) is 10.6 Å². The Hall–Kier alpha value is -1.59. The summed E-state index contributed by atoms with van der Waals surface area (Å²) in [6.07, 6.45) is 0. The number of aliphatic hydroxyl groups is 1. The van der Waals surface area contributed by atoms with Gasteiger partial charge in [-0.3, -0.25) is 4.79 Å². The molecule has 1 aromatic carbocycles. The summed E-state index contributed by atoms with van der Waals surface area (Å²) in [5.41, 5.74) is 0.853. The van der Waals surface area contributed by atoms with E-state index in [4.69, 9.17) is 21.8 Å². The molecule has 0 spiro atoms. The molecule has 17 heavy (non-hydrogen) atoms. The van der Waals surface area contributed by atoms with Gasteiger partial charge in [-0.15, -0.1) is 0 Å². The van der Waals surface area contributed by atoms with Crippen LogP contribution in [0.15, 0.2) is 18.2 Å². The van der Waals surface area contributed by atoms with Gasteiger partial charge in [-0.25, -0.2) is 4.79 Å². The molecule has 6 heteroatoms. The molecule has 0 aliphatic rings. The van der Waals surface area contributed by atoms with Crippen molar-refractivity contribution in [3.63, 3.8) is 0 Å². The Labute approximate surface area is 103 Å². The zero-order chi connectivity index (χ0) is 13.0. The van der Waals surface area contributed by atoms with E-state index in [9.17, 15) is 9.59 Å². The molecule has 5 nitrogen and oxygen atoms in total. The van der Waals surface area contributed by atoms with Gasteiger partial charge in [0.25, 0.3) is 5.91 Å². The highest BCUT2D eigenvalue weighted by atomic mass is 35.5. The number of aliphatic carboxylic acids is 1. The van der Waals surface area contributed by atoms with Crippen molar-refractivity contribution >= 4 is 23.5 Å². The third-order valence-corrected chi connectivity index (χ3v) is 2.71. The SMILES string of the molecule is Cc1c(Cl)cccc1C(=O)N[C@H](CO)C(=O)O. The Morgan fingerprint density at radius 1 is 1.47 bits per heavy atom. The van der Waals surface area contributed by atoms with Crippen molar-refractivity contribution in [3.05, 3.63) is 34.3 Å². The second kappa shape index (κ2) is 5.65. The monoisotopic (exact) mass is 257 g/mol. The normalized spacial score (nSPS) is 11.9. The maximum Gasteiger partial charge on any atom is 0.328 e. The van der Waals surface area contributed by atoms with Gasteiger partial charge < -0.3 is 15.5 Å². The van der Waals surface area contributed by atoms with Crippen LogP contribution >= 0.6 is 11.6 Å². The van der Waals surface area contributed by atoms with Crippen molar-refractivity contribution in [3.8, 4) is 0 Å². The molecule has 0 saturated heterocycles. The van der Waals surface area contributed by atoms with Crippen molar-refractivity contribution in [2.45, 2.75) is 13.0 Å². The van der Waals surface area contributed by atoms with Crippen LogP contribution in [0.4, 0.5) is 0 Å². The number of carboxylic acid groups (broad SMARTS) is 1. The minimum Gasteiger partial charge on any atom is -0.480 e. The number of rotatable bonds is 4. The maximum absolute atomic E-state index is 11.7. The van der Waals surface area contributed by atoms with E-state index in [1.165, 1.54) is 6.07 Å². The summed E-state index contributed by atoms with van der Waals surface area (Å²) in [5.74, 6) is -1.87. The van der Waals surface area contributed by atoms with Crippen molar-refractivity contribution in [2.75, 3.05) is 6.61 Å². The first-order chi connectivity index (χ1) is 7.97. The third-order valence-electron chi connectivity index (χ3n) is 2.30. The lowest BCUT2D eigenvalue weighted by Gasteiger charge is -2.13. The highest BCUT2D eigenvalue weighted by Crippen LogP contribution is 2.18. The van der Waals surface area contributed by atoms with Gasteiger partial charge in [-0.05, 0) is 24.6 Å². The first-order valence-corrected chi connectivity index (χ1v) is 5.24. The zero-order valence-corrected chi connectivity index (χ0v) is 9.86. The number of carbonyl (C=O) groups excluding carboxylic acids is 1. The van der Waals surface area contributed by atoms with E-state index in [0.29, 0.717) is 10.6 Å². The molecular formula is C11H12ClNO4. The second-order valence-electron chi connectivity index (χ2n) is 3.46. The lowest BCUT2D eigenvalue weighted by Crippen LogP contribution is -2.43. The van der Waals surface area contributed by atoms with Gasteiger partial charge in [0.1, 0.15) is 0 Å². The molecule has 0 bridgehead atoms. The Bertz CT molecular complexity index is 447. The summed E-state index contributed by atoms with van der Waals surface area (Å²) in [7, 11) is 0. The summed E-state index contributed by atoms with van der Waals surface area (Å²) in [6, 6.07) is 3.45. The van der Waals surface area contributed by atoms with Crippen LogP contribution < -0.4 is 5.32 Å². The summed E-state index contributed by atoms with van der Waals surface area (Å²) in [4.78, 5) is 22.4. The predicted molar refractivity (Wildman–Crippen MR) is 62.2 cm³/mol. The average Bonchev–Trinajstić information content (AvgIpc) is 2.28. The second-order valence-corrected chi connectivity index (χ2v) is 3.87. The van der Waals surface area contributed by atoms with Gasteiger partial charge in [0.2, 0.25) is 0 Å². The molecule has 1 rings (SSSR count). The fourth-order valence-corrected chi connectivity index (χ4v) is 1.45. The minimum absolute atomic E-state index is 0.289. The van der Waals surface area contributed by atoms with Crippen LogP contribution in [0.5, 0.6) is 0 Å². The first kappa shape index (κ1) is 13.5. The summed E-state index contributed by atoms with van der Waals surface area (Å²) in [5, 5.41) is 20.1. The number of carbonyl (C=O) groups is 2. The van der Waals surface area contributed by atoms with Crippen LogP contribution in [-0.4, -0.2) is 34.7 Å². The molecule has 0 radical (unpaired) electrons. The van der Waals surface area contributed by atoms with Gasteiger partial charge in [-0.1, -0.05) is 17.7 Å². The summed E-state index contributed by atoms with van der Waals surface area (Å²) >= 11 is 5.85. The molecular weight excluding hydrogens is 246 g/mol. The van der Waals surface area contributed by atoms with E-state index in [-0.39, 0.29) is 5.56 Å². The van der Waals surface area contributed by atoms with Gasteiger partial charge in [0.15, 0.2) is 6.04 Å². The number of halogens is 1. The molecule has 1 aromatic rings. The highest BCUT2D eigenvalue weighted by molar-refractivity contribution is 6.31. The molecule has 0 aliphatic heterocycles. The lowest BCUT2D eigenvalue weighted by molar-refractivity contribution is -0.140. The summed E-state index contributed by atoms with van der Waals surface area (Å²) < 4.78 is 0. The number of nitrogens with one attached hydrogen (secondary N) is 1. The molecule has 1 atom stereocenters. The van der Waals surface area contributed by atoms with Crippen molar-refractivity contribution in [1.29, 1.82) is 0 Å². The standard InChI is InChI=1S/C11H12ClNO4/c1-6-7(3-2-4-8(6)12)10(15)13-9(5-14)11(16)17/h2-4,9,14H,5H2,1H3,(H,13,15)(H,16,17)/t9-/m1/s1. The molecule has 0 heterocycles. The topological polar surface area (TPSA) is 86.6 Å². The Morgan fingerprint density at radius 3 is 2.65 bits per heavy atom. The zero-order valence-electron chi connectivity index (χ0n) is 9.11. The quantitative estimate of drug-likeness (QED) is 0.745. The van der Waals surface area contributed by atoms with E-state index in [1.807, 2.05) is 0 Å². The molecule has 0 aromatic heterocycles. The summed E-state index contributed by atoms with van der Waals surface area (Å²) in [6.45, 7) is 0.993. The Kier molecular flexibility index (Phi) is 4.48. The fraction of sp³-hybridized carbons (Fsp3) is 0.273. The molecule has 0 saturated carbocycles. The number of hydrogen-bond donors (Lipinski definition) is 3. The van der Waals surface area contributed by atoms with Crippen LogP contribution in [0.3, 0.4) is 0 Å². The van der Waals surface area contributed by atoms with Crippen LogP contribution in [0.25, 0.3) is 0 Å². The number of hydrogen-bond acceptors (Lipinski definition) is 3. The number of amides is 1. The number of benzene rings is 1.